The molecule has 0 aliphatic carbocycles. The Labute approximate surface area is 257 Å². The summed E-state index contributed by atoms with van der Waals surface area (Å²) in [6.07, 6.45) is 8.45. The zero-order chi connectivity index (χ0) is 31.6. The van der Waals surface area contributed by atoms with Crippen molar-refractivity contribution in [3.8, 4) is 0 Å². The van der Waals surface area contributed by atoms with Crippen LogP contribution in [-0.2, 0) is 35.1 Å². The maximum absolute atomic E-state index is 11.7. The van der Waals surface area contributed by atoms with Gasteiger partial charge in [0.1, 0.15) is 16.7 Å². The summed E-state index contributed by atoms with van der Waals surface area (Å²) < 4.78 is 42.0. The number of aliphatic carboxylic acids is 1. The van der Waals surface area contributed by atoms with Crippen molar-refractivity contribution in [2.45, 2.75) is 80.9 Å². The summed E-state index contributed by atoms with van der Waals surface area (Å²) in [4.78, 5) is 13.6. The van der Waals surface area contributed by atoms with Crippen molar-refractivity contribution in [3.63, 3.8) is 0 Å². The lowest BCUT2D eigenvalue weighted by atomic mass is 9.81. The van der Waals surface area contributed by atoms with E-state index in [1.807, 2.05) is 51.1 Å². The van der Waals surface area contributed by atoms with Crippen molar-refractivity contribution < 1.29 is 42.1 Å². The number of nitrogens with zero attached hydrogens (tertiary/aromatic N) is 2. The molecule has 43 heavy (non-hydrogen) atoms. The Morgan fingerprint density at radius 3 is 2.47 bits per heavy atom. The number of carboxylic acids is 1. The van der Waals surface area contributed by atoms with Gasteiger partial charge in [0.05, 0.1) is 22.4 Å². The maximum atomic E-state index is 11.7. The van der Waals surface area contributed by atoms with Crippen LogP contribution in [0.1, 0.15) is 71.4 Å². The molecule has 2 aromatic carbocycles. The van der Waals surface area contributed by atoms with Crippen LogP contribution in [0.5, 0.6) is 0 Å². The van der Waals surface area contributed by atoms with Crippen molar-refractivity contribution in [2.24, 2.45) is 0 Å². The first-order valence-electron chi connectivity index (χ1n) is 14.1. The molecule has 2 aliphatic rings. The molecule has 10 nitrogen and oxygen atoms in total. The number of rotatable bonds is 13. The second-order valence-corrected chi connectivity index (χ2v) is 13.8. The van der Waals surface area contributed by atoms with Crippen molar-refractivity contribution in [1.82, 2.24) is 0 Å². The quantitative estimate of drug-likeness (QED) is 0.0794. The first-order chi connectivity index (χ1) is 20.2. The van der Waals surface area contributed by atoms with Crippen LogP contribution in [-0.4, -0.2) is 47.4 Å². The van der Waals surface area contributed by atoms with Gasteiger partial charge in [-0.25, -0.2) is 8.42 Å². The van der Waals surface area contributed by atoms with E-state index in [4.69, 9.17) is 5.11 Å². The van der Waals surface area contributed by atoms with Gasteiger partial charge in [0, 0.05) is 58.8 Å². The van der Waals surface area contributed by atoms with E-state index >= 15 is 0 Å². The number of carboxylic acid groups (broad SMARTS) is 1. The van der Waals surface area contributed by atoms with Crippen LogP contribution in [0.4, 0.5) is 11.4 Å². The third kappa shape index (κ3) is 6.74. The number of fused-ring (bicyclic) bond motifs is 2. The van der Waals surface area contributed by atoms with E-state index < -0.39 is 26.9 Å². The highest BCUT2D eigenvalue weighted by atomic mass is 32.2. The highest BCUT2D eigenvalue weighted by Crippen LogP contribution is 2.48. The number of benzene rings is 2. The number of hydrogen-bond donors (Lipinski definition) is 1. The second kappa shape index (κ2) is 12.9. The number of hydrogen-bond acceptors (Lipinski definition) is 9. The molecule has 2 aliphatic heterocycles. The number of carbonyl (C=O) groups is 1. The molecule has 2 aromatic rings. The minimum atomic E-state index is -4.59. The Balaban J connectivity index is 1.71. The predicted molar refractivity (Wildman–Crippen MR) is 161 cm³/mol. The Kier molecular flexibility index (Phi) is 9.89. The van der Waals surface area contributed by atoms with Gasteiger partial charge in [-0.1, -0.05) is 19.9 Å². The molecule has 0 amide bonds. The first-order valence-corrected chi connectivity index (χ1v) is 16.3. The lowest BCUT2D eigenvalue weighted by molar-refractivity contribution is -0.777. The number of anilines is 1. The van der Waals surface area contributed by atoms with Crippen LogP contribution in [0, 0.1) is 0 Å². The van der Waals surface area contributed by atoms with Crippen molar-refractivity contribution in [1.29, 1.82) is 0 Å². The standard InChI is InChI=1S/C31H38N2O8S2/c1-6-32-25-17-15-22(43(37,38)39)20-24(25)31(4,5)27(32)11-10-12-28-30(2,3)23-19-21(42-41-40-36)14-16-26(23)33(28)18-9-7-8-13-29(34)35/h10-12,14-17,19-20H,6-9,13,18H2,1-5H3,(H2-,34,35,36,37,38,39)/p-1. The maximum Gasteiger partial charge on any atom is 0.303 e. The van der Waals surface area contributed by atoms with Crippen LogP contribution < -0.4 is 10.2 Å². The minimum absolute atomic E-state index is 0.142. The van der Waals surface area contributed by atoms with E-state index in [-0.39, 0.29) is 11.3 Å². The summed E-state index contributed by atoms with van der Waals surface area (Å²) >= 11 is 0.842. The van der Waals surface area contributed by atoms with Crippen LogP contribution in [0.3, 0.4) is 0 Å². The van der Waals surface area contributed by atoms with Gasteiger partial charge < -0.3 is 19.8 Å². The number of likely N-dealkylation sites (N-methyl/N-ethyl adjacent to an activating group) is 1. The third-order valence-electron chi connectivity index (χ3n) is 8.27. The summed E-state index contributed by atoms with van der Waals surface area (Å²) in [5, 5.41) is 22.9. The molecule has 232 valence electrons. The SMILES string of the molecule is CCN1/C(=C\C=C\C2=[N+](CCCCCC(=O)O)c3ccc(SOO[O-])cc3C2(C)C)C(C)(C)c2cc(S(=O)(=O)[O-])ccc21. The molecule has 0 saturated heterocycles. The molecule has 12 heteroatoms. The Bertz CT molecular complexity index is 1590. The summed E-state index contributed by atoms with van der Waals surface area (Å²) in [5.74, 6) is -0.797. The normalized spacial score (nSPS) is 18.1. The van der Waals surface area contributed by atoms with E-state index in [2.05, 4.69) is 38.8 Å². The molecule has 0 spiro atoms. The summed E-state index contributed by atoms with van der Waals surface area (Å²) in [6.45, 7) is 11.7. The first kappa shape index (κ1) is 32.9. The minimum Gasteiger partial charge on any atom is -0.744 e. The average molecular weight is 630 g/mol. The Morgan fingerprint density at radius 1 is 1.07 bits per heavy atom. The summed E-state index contributed by atoms with van der Waals surface area (Å²) in [7, 11) is -4.59. The van der Waals surface area contributed by atoms with Crippen LogP contribution in [0.25, 0.3) is 0 Å². The molecule has 4 rings (SSSR count). The van der Waals surface area contributed by atoms with Gasteiger partial charge in [0.25, 0.3) is 0 Å². The van der Waals surface area contributed by atoms with Gasteiger partial charge in [0.2, 0.25) is 5.69 Å². The topological polar surface area (TPSA) is 142 Å². The molecule has 0 saturated carbocycles. The van der Waals surface area contributed by atoms with Gasteiger partial charge in [-0.2, -0.15) is 8.91 Å². The molecule has 2 heterocycles. The smallest absolute Gasteiger partial charge is 0.303 e. The van der Waals surface area contributed by atoms with E-state index in [0.717, 1.165) is 63.7 Å². The van der Waals surface area contributed by atoms with Crippen LogP contribution in [0.15, 0.2) is 70.1 Å². The largest absolute Gasteiger partial charge is 0.744 e. The van der Waals surface area contributed by atoms with Crippen molar-refractivity contribution in [2.75, 3.05) is 18.0 Å². The fourth-order valence-electron chi connectivity index (χ4n) is 6.10. The zero-order valence-electron chi connectivity index (χ0n) is 25.0. The number of unbranched alkanes of at least 4 members (excludes halogenated alkanes) is 2. The lowest BCUT2D eigenvalue weighted by Crippen LogP contribution is -2.28. The molecule has 0 fully saturated rings. The van der Waals surface area contributed by atoms with E-state index in [0.29, 0.717) is 19.5 Å². The highest BCUT2D eigenvalue weighted by Gasteiger charge is 2.44. The van der Waals surface area contributed by atoms with Gasteiger partial charge in [0.15, 0.2) is 5.71 Å². The van der Waals surface area contributed by atoms with Gasteiger partial charge in [-0.3, -0.25) is 9.83 Å². The highest BCUT2D eigenvalue weighted by molar-refractivity contribution is 7.94. The second-order valence-electron chi connectivity index (χ2n) is 11.7. The molecule has 0 bridgehead atoms. The van der Waals surface area contributed by atoms with Gasteiger partial charge in [-0.15, -0.1) is 0 Å². The molecule has 0 unspecified atom stereocenters. The summed E-state index contributed by atoms with van der Waals surface area (Å²) in [5.41, 5.74) is 4.81. The van der Waals surface area contributed by atoms with E-state index in [1.54, 1.807) is 6.07 Å². The average Bonchev–Trinajstić information content (AvgIpc) is 3.29. The number of allylic oxidation sites excluding steroid dienone is 4. The monoisotopic (exact) mass is 629 g/mol. The van der Waals surface area contributed by atoms with E-state index in [1.165, 1.54) is 12.1 Å². The fraction of sp³-hybridized carbons (Fsp3) is 0.419. The van der Waals surface area contributed by atoms with Gasteiger partial charge >= 0.3 is 5.97 Å². The summed E-state index contributed by atoms with van der Waals surface area (Å²) in [6, 6.07) is 10.4. The van der Waals surface area contributed by atoms with Crippen LogP contribution in [0.2, 0.25) is 0 Å². The predicted octanol–water partition coefficient (Wildman–Crippen LogP) is 5.10. The van der Waals surface area contributed by atoms with E-state index in [9.17, 15) is 23.0 Å². The van der Waals surface area contributed by atoms with Crippen LogP contribution >= 0.6 is 12.0 Å². The molecule has 0 atom stereocenters. The molecule has 1 N–H and O–H groups in total. The Hall–Kier alpha value is -3.00. The fourth-order valence-corrected chi connectivity index (χ4v) is 7.00. The molecular weight excluding hydrogens is 592 g/mol. The molecule has 0 radical (unpaired) electrons. The van der Waals surface area contributed by atoms with Gasteiger partial charge in [-0.05, 0) is 75.6 Å². The zero-order valence-corrected chi connectivity index (χ0v) is 26.6. The van der Waals surface area contributed by atoms with Crippen molar-refractivity contribution in [3.05, 3.63) is 71.5 Å². The lowest BCUT2D eigenvalue weighted by Gasteiger charge is -2.25. The molecule has 0 aromatic heterocycles. The van der Waals surface area contributed by atoms with Crippen molar-refractivity contribution >= 4 is 45.2 Å². The Morgan fingerprint density at radius 2 is 1.81 bits per heavy atom. The third-order valence-corrected chi connectivity index (χ3v) is 9.67. The molecular formula is C31H37N2O8S2-.